The zero-order valence-corrected chi connectivity index (χ0v) is 9.95. The van der Waals surface area contributed by atoms with Gasteiger partial charge in [0.15, 0.2) is 0 Å². The minimum absolute atomic E-state index is 0.0700. The standard InChI is InChI=1S/C11H12ClNO4/c1-17-11(16)5-7-2-3-9(14)8(4-7)13-10(15)6-12/h2-4,14H,5-6H2,1H3,(H,13,15). The summed E-state index contributed by atoms with van der Waals surface area (Å²) in [4.78, 5) is 22.1. The second-order valence-corrected chi connectivity index (χ2v) is 3.55. The molecule has 6 heteroatoms. The Morgan fingerprint density at radius 2 is 2.18 bits per heavy atom. The molecule has 1 amide bonds. The van der Waals surface area contributed by atoms with Crippen molar-refractivity contribution < 1.29 is 19.4 Å². The lowest BCUT2D eigenvalue weighted by Gasteiger charge is -2.08. The highest BCUT2D eigenvalue weighted by molar-refractivity contribution is 6.29. The lowest BCUT2D eigenvalue weighted by molar-refractivity contribution is -0.139. The van der Waals surface area contributed by atoms with Gasteiger partial charge in [0.25, 0.3) is 0 Å². The van der Waals surface area contributed by atoms with Gasteiger partial charge in [-0.05, 0) is 17.7 Å². The summed E-state index contributed by atoms with van der Waals surface area (Å²) in [5, 5.41) is 11.9. The van der Waals surface area contributed by atoms with Crippen molar-refractivity contribution >= 4 is 29.2 Å². The number of hydrogen-bond acceptors (Lipinski definition) is 4. The number of alkyl halides is 1. The first-order valence-corrected chi connectivity index (χ1v) is 5.34. The van der Waals surface area contributed by atoms with Gasteiger partial charge < -0.3 is 15.2 Å². The highest BCUT2D eigenvalue weighted by atomic mass is 35.5. The third-order valence-corrected chi connectivity index (χ3v) is 2.28. The number of nitrogens with one attached hydrogen (secondary N) is 1. The molecule has 0 aliphatic carbocycles. The molecule has 0 atom stereocenters. The molecule has 0 saturated heterocycles. The van der Waals surface area contributed by atoms with Crippen LogP contribution in [0.5, 0.6) is 5.75 Å². The van der Waals surface area contributed by atoms with Gasteiger partial charge in [-0.25, -0.2) is 0 Å². The molecule has 5 nitrogen and oxygen atoms in total. The van der Waals surface area contributed by atoms with E-state index in [0.29, 0.717) is 5.56 Å². The number of carbonyl (C=O) groups excluding carboxylic acids is 2. The molecule has 0 spiro atoms. The first kappa shape index (κ1) is 13.3. The molecular weight excluding hydrogens is 246 g/mol. The van der Waals surface area contributed by atoms with Crippen LogP contribution in [0.25, 0.3) is 0 Å². The molecule has 0 aliphatic rings. The van der Waals surface area contributed by atoms with Crippen LogP contribution in [0, 0.1) is 0 Å². The molecule has 92 valence electrons. The van der Waals surface area contributed by atoms with E-state index in [1.165, 1.54) is 19.2 Å². The Kier molecular flexibility index (Phi) is 4.78. The molecule has 17 heavy (non-hydrogen) atoms. The minimum Gasteiger partial charge on any atom is -0.506 e. The lowest BCUT2D eigenvalue weighted by atomic mass is 10.1. The Balaban J connectivity index is 2.86. The van der Waals surface area contributed by atoms with E-state index in [1.54, 1.807) is 6.07 Å². The number of carbonyl (C=O) groups is 2. The summed E-state index contributed by atoms with van der Waals surface area (Å²) in [6.07, 6.45) is 0.0700. The smallest absolute Gasteiger partial charge is 0.309 e. The number of phenolic OH excluding ortho intramolecular Hbond substituents is 1. The Bertz CT molecular complexity index is 433. The quantitative estimate of drug-likeness (QED) is 0.484. The van der Waals surface area contributed by atoms with Crippen molar-refractivity contribution in [1.29, 1.82) is 0 Å². The summed E-state index contributed by atoms with van der Waals surface area (Å²) in [5.74, 6) is -1.12. The van der Waals surface area contributed by atoms with E-state index in [9.17, 15) is 14.7 Å². The van der Waals surface area contributed by atoms with E-state index in [-0.39, 0.29) is 23.7 Å². The molecule has 0 fully saturated rings. The first-order valence-electron chi connectivity index (χ1n) is 4.81. The Hall–Kier alpha value is -1.75. The van der Waals surface area contributed by atoms with Gasteiger partial charge in [-0.15, -0.1) is 11.6 Å². The summed E-state index contributed by atoms with van der Waals surface area (Å²) in [7, 11) is 1.29. The number of rotatable bonds is 4. The molecule has 0 aliphatic heterocycles. The van der Waals surface area contributed by atoms with Crippen LogP contribution in [0.4, 0.5) is 5.69 Å². The van der Waals surface area contributed by atoms with Crippen molar-refractivity contribution in [3.63, 3.8) is 0 Å². The summed E-state index contributed by atoms with van der Waals surface area (Å²) in [6.45, 7) is 0. The van der Waals surface area contributed by atoms with Crippen LogP contribution < -0.4 is 5.32 Å². The van der Waals surface area contributed by atoms with Crippen LogP contribution in [0.1, 0.15) is 5.56 Å². The maximum Gasteiger partial charge on any atom is 0.309 e. The molecule has 0 aromatic heterocycles. The maximum atomic E-state index is 11.1. The van der Waals surface area contributed by atoms with Crippen LogP contribution in [0.2, 0.25) is 0 Å². The van der Waals surface area contributed by atoms with Gasteiger partial charge in [0.05, 0.1) is 19.2 Å². The second-order valence-electron chi connectivity index (χ2n) is 3.29. The van der Waals surface area contributed by atoms with Crippen LogP contribution in [-0.4, -0.2) is 30.0 Å². The van der Waals surface area contributed by atoms with Crippen LogP contribution in [0.3, 0.4) is 0 Å². The second kappa shape index (κ2) is 6.10. The molecule has 0 saturated carbocycles. The van der Waals surface area contributed by atoms with E-state index in [2.05, 4.69) is 10.1 Å². The molecule has 2 N–H and O–H groups in total. The van der Waals surface area contributed by atoms with E-state index < -0.39 is 11.9 Å². The van der Waals surface area contributed by atoms with E-state index in [0.717, 1.165) is 0 Å². The van der Waals surface area contributed by atoms with Gasteiger partial charge in [-0.2, -0.15) is 0 Å². The minimum atomic E-state index is -0.433. The highest BCUT2D eigenvalue weighted by Crippen LogP contribution is 2.24. The zero-order valence-electron chi connectivity index (χ0n) is 9.20. The molecule has 1 aromatic rings. The van der Waals surface area contributed by atoms with Crippen LogP contribution in [-0.2, 0) is 20.7 Å². The predicted octanol–water partition coefficient (Wildman–Crippen LogP) is 1.28. The average molecular weight is 258 g/mol. The van der Waals surface area contributed by atoms with Crippen molar-refractivity contribution in [3.8, 4) is 5.75 Å². The lowest BCUT2D eigenvalue weighted by Crippen LogP contribution is -2.13. The van der Waals surface area contributed by atoms with Gasteiger partial charge in [-0.3, -0.25) is 9.59 Å². The first-order chi connectivity index (χ1) is 8.06. The van der Waals surface area contributed by atoms with Crippen molar-refractivity contribution in [2.24, 2.45) is 0 Å². The number of methoxy groups -OCH3 is 1. The number of anilines is 1. The number of benzene rings is 1. The van der Waals surface area contributed by atoms with Crippen LogP contribution in [0.15, 0.2) is 18.2 Å². The number of ether oxygens (including phenoxy) is 1. The largest absolute Gasteiger partial charge is 0.506 e. The number of halogens is 1. The number of hydrogen-bond donors (Lipinski definition) is 2. The van der Waals surface area contributed by atoms with Crippen molar-refractivity contribution in [2.45, 2.75) is 6.42 Å². The monoisotopic (exact) mass is 257 g/mol. The number of esters is 1. The topological polar surface area (TPSA) is 75.6 Å². The van der Waals surface area contributed by atoms with Crippen LogP contribution >= 0.6 is 11.6 Å². The fraction of sp³-hybridized carbons (Fsp3) is 0.273. The fourth-order valence-corrected chi connectivity index (χ4v) is 1.28. The third-order valence-electron chi connectivity index (χ3n) is 2.03. The average Bonchev–Trinajstić information content (AvgIpc) is 2.33. The maximum absolute atomic E-state index is 11.1. The van der Waals surface area contributed by atoms with E-state index in [4.69, 9.17) is 11.6 Å². The Morgan fingerprint density at radius 3 is 2.76 bits per heavy atom. The molecule has 0 radical (unpaired) electrons. The summed E-state index contributed by atoms with van der Waals surface area (Å²) < 4.78 is 4.52. The highest BCUT2D eigenvalue weighted by Gasteiger charge is 2.09. The van der Waals surface area contributed by atoms with Gasteiger partial charge in [0.2, 0.25) is 5.91 Å². The summed E-state index contributed by atoms with van der Waals surface area (Å²) in [6, 6.07) is 4.46. The predicted molar refractivity (Wildman–Crippen MR) is 63.2 cm³/mol. The molecular formula is C11H12ClNO4. The zero-order chi connectivity index (χ0) is 12.8. The van der Waals surface area contributed by atoms with Gasteiger partial charge >= 0.3 is 5.97 Å². The fourth-order valence-electron chi connectivity index (χ4n) is 1.22. The van der Waals surface area contributed by atoms with Crippen molar-refractivity contribution in [3.05, 3.63) is 23.8 Å². The van der Waals surface area contributed by atoms with E-state index in [1.807, 2.05) is 0 Å². The molecule has 0 unspecified atom stereocenters. The van der Waals surface area contributed by atoms with E-state index >= 15 is 0 Å². The van der Waals surface area contributed by atoms with Gasteiger partial charge in [0.1, 0.15) is 11.6 Å². The van der Waals surface area contributed by atoms with Crippen molar-refractivity contribution in [1.82, 2.24) is 0 Å². The summed E-state index contributed by atoms with van der Waals surface area (Å²) in [5.41, 5.74) is 0.844. The van der Waals surface area contributed by atoms with Crippen molar-refractivity contribution in [2.75, 3.05) is 18.3 Å². The van der Waals surface area contributed by atoms with Gasteiger partial charge in [0, 0.05) is 0 Å². The van der Waals surface area contributed by atoms with Gasteiger partial charge in [-0.1, -0.05) is 6.07 Å². The molecule has 0 heterocycles. The normalized spacial score (nSPS) is 9.76. The number of aromatic hydroxyl groups is 1. The summed E-state index contributed by atoms with van der Waals surface area (Å²) >= 11 is 5.33. The number of phenols is 1. The number of amides is 1. The molecule has 1 aromatic carbocycles. The molecule has 1 rings (SSSR count). The molecule has 0 bridgehead atoms. The third kappa shape index (κ3) is 3.96. The Morgan fingerprint density at radius 1 is 1.47 bits per heavy atom. The Labute approximate surface area is 103 Å². The SMILES string of the molecule is COC(=O)Cc1ccc(O)c(NC(=O)CCl)c1.